The Labute approximate surface area is 88.8 Å². The number of sulfone groups is 1. The van der Waals surface area contributed by atoms with Gasteiger partial charge in [-0.15, -0.1) is 10.2 Å². The summed E-state index contributed by atoms with van der Waals surface area (Å²) in [5.74, 6) is 0.305. The molecule has 86 valence electrons. The first-order chi connectivity index (χ1) is 6.66. The van der Waals surface area contributed by atoms with Crippen LogP contribution in [0.15, 0.2) is 4.42 Å². The van der Waals surface area contributed by atoms with Gasteiger partial charge in [-0.05, 0) is 20.8 Å². The minimum absolute atomic E-state index is 0.0669. The topological polar surface area (TPSA) is 99.1 Å². The van der Waals surface area contributed by atoms with E-state index < -0.39 is 20.6 Å². The summed E-state index contributed by atoms with van der Waals surface area (Å²) >= 11 is 0. The van der Waals surface area contributed by atoms with Gasteiger partial charge in [-0.1, -0.05) is 0 Å². The summed E-state index contributed by atoms with van der Waals surface area (Å²) in [7, 11) is -3.30. The lowest BCUT2D eigenvalue weighted by atomic mass is 10.2. The summed E-state index contributed by atoms with van der Waals surface area (Å²) in [5, 5.41) is 7.39. The summed E-state index contributed by atoms with van der Waals surface area (Å²) in [4.78, 5) is 0. The maximum absolute atomic E-state index is 11.5. The van der Waals surface area contributed by atoms with Crippen molar-refractivity contribution in [2.24, 2.45) is 5.73 Å². The summed E-state index contributed by atoms with van der Waals surface area (Å²) in [6.45, 7) is 4.71. The highest BCUT2D eigenvalue weighted by atomic mass is 32.2. The fourth-order valence-electron chi connectivity index (χ4n) is 0.820. The smallest absolute Gasteiger partial charge is 0.237 e. The third kappa shape index (κ3) is 2.18. The number of rotatable bonds is 3. The Kier molecular flexibility index (Phi) is 2.88. The maximum atomic E-state index is 11.5. The zero-order valence-electron chi connectivity index (χ0n) is 9.18. The summed E-state index contributed by atoms with van der Waals surface area (Å²) < 4.78 is 27.0. The molecule has 2 N–H and O–H groups in total. The standard InChI is InChI=1S/C8H15N3O3S/c1-5(9)6-10-11-7(14-6)8(2,3)15(4,12)13/h5H,9H2,1-4H3. The second-order valence-electron chi connectivity index (χ2n) is 4.02. The van der Waals surface area contributed by atoms with E-state index in [1.54, 1.807) is 6.92 Å². The Morgan fingerprint density at radius 1 is 1.40 bits per heavy atom. The molecule has 0 radical (unpaired) electrons. The number of hydrogen-bond acceptors (Lipinski definition) is 6. The van der Waals surface area contributed by atoms with Crippen LogP contribution in [0.5, 0.6) is 0 Å². The molecular weight excluding hydrogens is 218 g/mol. The average Bonchev–Trinajstić information content (AvgIpc) is 2.49. The third-order valence-electron chi connectivity index (χ3n) is 2.27. The van der Waals surface area contributed by atoms with Crippen LogP contribution in [0, 0.1) is 0 Å². The highest BCUT2D eigenvalue weighted by Gasteiger charge is 2.38. The Bertz CT molecular complexity index is 447. The molecule has 1 atom stereocenters. The van der Waals surface area contributed by atoms with Crippen molar-refractivity contribution < 1.29 is 12.8 Å². The lowest BCUT2D eigenvalue weighted by molar-refractivity contribution is 0.391. The largest absolute Gasteiger partial charge is 0.422 e. The van der Waals surface area contributed by atoms with E-state index in [0.717, 1.165) is 6.26 Å². The minimum Gasteiger partial charge on any atom is -0.422 e. The fourth-order valence-corrected chi connectivity index (χ4v) is 1.22. The average molecular weight is 233 g/mol. The molecule has 0 bridgehead atoms. The molecule has 0 saturated heterocycles. The Balaban J connectivity index is 3.17. The molecule has 1 rings (SSSR count). The number of nitrogens with two attached hydrogens (primary N) is 1. The van der Waals surface area contributed by atoms with Crippen LogP contribution < -0.4 is 5.73 Å². The first-order valence-corrected chi connectivity index (χ1v) is 6.34. The fraction of sp³-hybridized carbons (Fsp3) is 0.750. The van der Waals surface area contributed by atoms with Crippen molar-refractivity contribution in [2.45, 2.75) is 31.6 Å². The van der Waals surface area contributed by atoms with Gasteiger partial charge in [-0.25, -0.2) is 8.42 Å². The summed E-state index contributed by atoms with van der Waals surface area (Å²) in [6, 6.07) is -0.401. The van der Waals surface area contributed by atoms with Crippen molar-refractivity contribution in [1.29, 1.82) is 0 Å². The van der Waals surface area contributed by atoms with Crippen molar-refractivity contribution in [3.8, 4) is 0 Å². The van der Waals surface area contributed by atoms with Gasteiger partial charge in [0.1, 0.15) is 4.75 Å². The van der Waals surface area contributed by atoms with E-state index in [9.17, 15) is 8.42 Å². The van der Waals surface area contributed by atoms with Gasteiger partial charge in [0.25, 0.3) is 0 Å². The van der Waals surface area contributed by atoms with E-state index in [0.29, 0.717) is 0 Å². The zero-order valence-corrected chi connectivity index (χ0v) is 10.00. The van der Waals surface area contributed by atoms with E-state index in [-0.39, 0.29) is 11.8 Å². The predicted octanol–water partition coefficient (Wildman–Crippen LogP) is 0.369. The Morgan fingerprint density at radius 2 is 1.93 bits per heavy atom. The molecule has 1 aromatic rings. The molecule has 0 amide bonds. The van der Waals surface area contributed by atoms with E-state index in [2.05, 4.69) is 10.2 Å². The SMILES string of the molecule is CC(N)c1nnc(C(C)(C)S(C)(=O)=O)o1. The molecule has 0 aromatic carbocycles. The van der Waals surface area contributed by atoms with Crippen LogP contribution in [0.3, 0.4) is 0 Å². The molecule has 0 saturated carbocycles. The maximum Gasteiger partial charge on any atom is 0.237 e. The lowest BCUT2D eigenvalue weighted by Crippen LogP contribution is -2.28. The highest BCUT2D eigenvalue weighted by Crippen LogP contribution is 2.28. The molecular formula is C8H15N3O3S. The molecule has 7 heteroatoms. The molecule has 0 spiro atoms. The van der Waals surface area contributed by atoms with Gasteiger partial charge in [-0.2, -0.15) is 0 Å². The number of nitrogens with zero attached hydrogens (tertiary/aromatic N) is 2. The van der Waals surface area contributed by atoms with Crippen LogP contribution in [-0.4, -0.2) is 24.9 Å². The van der Waals surface area contributed by atoms with Gasteiger partial charge in [0.15, 0.2) is 9.84 Å². The van der Waals surface area contributed by atoms with Crippen molar-refractivity contribution in [1.82, 2.24) is 10.2 Å². The van der Waals surface area contributed by atoms with E-state index in [1.807, 2.05) is 0 Å². The van der Waals surface area contributed by atoms with Crippen LogP contribution in [0.1, 0.15) is 38.6 Å². The van der Waals surface area contributed by atoms with Gasteiger partial charge in [0.05, 0.1) is 6.04 Å². The van der Waals surface area contributed by atoms with Crippen LogP contribution in [0.4, 0.5) is 0 Å². The second kappa shape index (κ2) is 3.57. The normalized spacial score (nSPS) is 15.3. The molecule has 0 fully saturated rings. The van der Waals surface area contributed by atoms with Crippen molar-refractivity contribution in [2.75, 3.05) is 6.26 Å². The second-order valence-corrected chi connectivity index (χ2v) is 6.58. The van der Waals surface area contributed by atoms with Gasteiger partial charge in [0.2, 0.25) is 11.8 Å². The first kappa shape index (κ1) is 12.1. The summed E-state index contributed by atoms with van der Waals surface area (Å²) in [5.41, 5.74) is 5.53. The van der Waals surface area contributed by atoms with E-state index >= 15 is 0 Å². The van der Waals surface area contributed by atoms with Crippen molar-refractivity contribution in [3.63, 3.8) is 0 Å². The molecule has 1 aromatic heterocycles. The predicted molar refractivity (Wildman–Crippen MR) is 54.8 cm³/mol. The Morgan fingerprint density at radius 3 is 2.27 bits per heavy atom. The van der Waals surface area contributed by atoms with E-state index in [1.165, 1.54) is 13.8 Å². The number of hydrogen-bond donors (Lipinski definition) is 1. The molecule has 0 aliphatic carbocycles. The van der Waals surface area contributed by atoms with Crippen LogP contribution in [0.25, 0.3) is 0 Å². The Hall–Kier alpha value is -0.950. The zero-order chi connectivity index (χ0) is 11.9. The first-order valence-electron chi connectivity index (χ1n) is 4.45. The molecule has 6 nitrogen and oxygen atoms in total. The van der Waals surface area contributed by atoms with Gasteiger partial charge < -0.3 is 10.2 Å². The third-order valence-corrected chi connectivity index (χ3v) is 4.30. The van der Waals surface area contributed by atoms with Gasteiger partial charge in [0, 0.05) is 6.26 Å². The highest BCUT2D eigenvalue weighted by molar-refractivity contribution is 7.91. The lowest BCUT2D eigenvalue weighted by Gasteiger charge is -2.17. The number of aromatic nitrogens is 2. The quantitative estimate of drug-likeness (QED) is 0.809. The van der Waals surface area contributed by atoms with E-state index in [4.69, 9.17) is 10.2 Å². The summed E-state index contributed by atoms with van der Waals surface area (Å²) in [6.07, 6.45) is 1.13. The van der Waals surface area contributed by atoms with Crippen LogP contribution >= 0.6 is 0 Å². The van der Waals surface area contributed by atoms with Crippen LogP contribution in [0.2, 0.25) is 0 Å². The molecule has 1 unspecified atom stereocenters. The monoisotopic (exact) mass is 233 g/mol. The minimum atomic E-state index is -3.30. The molecule has 0 aliphatic heterocycles. The van der Waals surface area contributed by atoms with Crippen molar-refractivity contribution >= 4 is 9.84 Å². The van der Waals surface area contributed by atoms with Gasteiger partial charge >= 0.3 is 0 Å². The molecule has 0 aliphatic rings. The van der Waals surface area contributed by atoms with Crippen molar-refractivity contribution in [3.05, 3.63) is 11.8 Å². The van der Waals surface area contributed by atoms with Crippen LogP contribution in [-0.2, 0) is 14.6 Å². The molecule has 1 heterocycles. The van der Waals surface area contributed by atoms with Gasteiger partial charge in [-0.3, -0.25) is 0 Å². The molecule has 15 heavy (non-hydrogen) atoms.